The number of hydrogen-bond acceptors (Lipinski definition) is 2. The van der Waals surface area contributed by atoms with Crippen molar-refractivity contribution in [3.63, 3.8) is 0 Å². The Kier molecular flexibility index (Phi) is 8.78. The van der Waals surface area contributed by atoms with Crippen LogP contribution in [0.25, 0.3) is 0 Å². The predicted molar refractivity (Wildman–Crippen MR) is 106 cm³/mol. The molecule has 1 aromatic rings. The third kappa shape index (κ3) is 6.52. The molecule has 1 atom stereocenters. The Hall–Kier alpha value is -0.820. The molecule has 0 amide bonds. The number of guanidine groups is 1. The van der Waals surface area contributed by atoms with Crippen molar-refractivity contribution in [1.82, 2.24) is 4.90 Å². The van der Waals surface area contributed by atoms with Crippen molar-refractivity contribution in [3.05, 3.63) is 29.8 Å². The Morgan fingerprint density at radius 3 is 3.00 bits per heavy atom. The molecule has 0 spiro atoms. The number of aliphatic imine (C=N–C) groups is 1. The van der Waals surface area contributed by atoms with Crippen molar-refractivity contribution in [2.45, 2.75) is 33.1 Å². The zero-order valence-electron chi connectivity index (χ0n) is 13.7. The largest absolute Gasteiger partial charge is 0.370 e. The van der Waals surface area contributed by atoms with Gasteiger partial charge in [0.05, 0.1) is 6.54 Å². The van der Waals surface area contributed by atoms with Crippen LogP contribution in [0.3, 0.4) is 0 Å². The lowest BCUT2D eigenvalue weighted by atomic mass is 10.0. The summed E-state index contributed by atoms with van der Waals surface area (Å²) in [6.45, 7) is 8.64. The zero-order chi connectivity index (χ0) is 15.1. The summed E-state index contributed by atoms with van der Waals surface area (Å²) in [4.78, 5) is 6.92. The maximum absolute atomic E-state index is 5.96. The van der Waals surface area contributed by atoms with Gasteiger partial charge in [-0.2, -0.15) is 0 Å². The van der Waals surface area contributed by atoms with Gasteiger partial charge in [-0.1, -0.05) is 26.0 Å². The Bertz CT molecular complexity index is 475. The molecule has 1 heterocycles. The van der Waals surface area contributed by atoms with Crippen molar-refractivity contribution >= 4 is 35.6 Å². The van der Waals surface area contributed by atoms with Gasteiger partial charge in [0.2, 0.25) is 0 Å². The molecule has 1 saturated heterocycles. The van der Waals surface area contributed by atoms with Gasteiger partial charge in [-0.25, -0.2) is 0 Å². The Morgan fingerprint density at radius 2 is 2.27 bits per heavy atom. The first-order valence-electron chi connectivity index (χ1n) is 8.05. The molecule has 1 fully saturated rings. The van der Waals surface area contributed by atoms with Crippen LogP contribution >= 0.6 is 24.0 Å². The molecule has 0 aromatic heterocycles. The van der Waals surface area contributed by atoms with Gasteiger partial charge in [-0.05, 0) is 49.4 Å². The van der Waals surface area contributed by atoms with Gasteiger partial charge in [-0.3, -0.25) is 4.99 Å². The van der Waals surface area contributed by atoms with Crippen LogP contribution in [-0.2, 0) is 6.42 Å². The molecular formula is C17H29IN4. The standard InChI is InChI=1S/C17H28N4.HI/c1-3-15-7-4-8-16(12-15)20-17(18)19-9-11-21-10-5-6-14(2)13-21;/h4,7-8,12,14H,3,5-6,9-11,13H2,1-2H3,(H3,18,19,20);1H. The monoisotopic (exact) mass is 416 g/mol. The van der Waals surface area contributed by atoms with Gasteiger partial charge in [0.15, 0.2) is 5.96 Å². The lowest BCUT2D eigenvalue weighted by molar-refractivity contribution is 0.189. The fraction of sp³-hybridized carbons (Fsp3) is 0.588. The number of likely N-dealkylation sites (tertiary alicyclic amines) is 1. The van der Waals surface area contributed by atoms with E-state index in [1.54, 1.807) is 0 Å². The van der Waals surface area contributed by atoms with Gasteiger partial charge in [0.25, 0.3) is 0 Å². The molecule has 0 bridgehead atoms. The fourth-order valence-electron chi connectivity index (χ4n) is 2.86. The van der Waals surface area contributed by atoms with Crippen LogP contribution in [0.5, 0.6) is 0 Å². The molecule has 5 heteroatoms. The molecular weight excluding hydrogens is 387 g/mol. The third-order valence-corrected chi connectivity index (χ3v) is 4.05. The SMILES string of the molecule is CCc1cccc(NC(N)=NCCN2CCCC(C)C2)c1.I. The molecule has 2 rings (SSSR count). The van der Waals surface area contributed by atoms with E-state index in [4.69, 9.17) is 5.73 Å². The highest BCUT2D eigenvalue weighted by atomic mass is 127. The second-order valence-corrected chi connectivity index (χ2v) is 5.99. The van der Waals surface area contributed by atoms with Gasteiger partial charge < -0.3 is 16.0 Å². The van der Waals surface area contributed by atoms with E-state index < -0.39 is 0 Å². The smallest absolute Gasteiger partial charge is 0.193 e. The lowest BCUT2D eigenvalue weighted by Crippen LogP contribution is -2.36. The number of halogens is 1. The maximum atomic E-state index is 5.96. The number of nitrogens with one attached hydrogen (secondary N) is 1. The van der Waals surface area contributed by atoms with Crippen LogP contribution in [0.15, 0.2) is 29.3 Å². The fourth-order valence-corrected chi connectivity index (χ4v) is 2.86. The van der Waals surface area contributed by atoms with Crippen LogP contribution in [0.4, 0.5) is 5.69 Å². The molecule has 3 N–H and O–H groups in total. The van der Waals surface area contributed by atoms with Crippen molar-refractivity contribution in [1.29, 1.82) is 0 Å². The average molecular weight is 416 g/mol. The number of aryl methyl sites for hydroxylation is 1. The first-order valence-corrected chi connectivity index (χ1v) is 8.05. The molecule has 0 saturated carbocycles. The van der Waals surface area contributed by atoms with Crippen LogP contribution in [0, 0.1) is 5.92 Å². The summed E-state index contributed by atoms with van der Waals surface area (Å²) in [5, 5.41) is 3.17. The molecule has 0 aliphatic carbocycles. The first kappa shape index (κ1) is 19.2. The van der Waals surface area contributed by atoms with Crippen LogP contribution < -0.4 is 11.1 Å². The summed E-state index contributed by atoms with van der Waals surface area (Å²) in [5.74, 6) is 1.32. The minimum Gasteiger partial charge on any atom is -0.370 e. The number of anilines is 1. The van der Waals surface area contributed by atoms with E-state index in [0.29, 0.717) is 5.96 Å². The topological polar surface area (TPSA) is 53.6 Å². The summed E-state index contributed by atoms with van der Waals surface area (Å²) in [6, 6.07) is 8.31. The molecule has 0 radical (unpaired) electrons. The second-order valence-electron chi connectivity index (χ2n) is 5.99. The number of nitrogens with zero attached hydrogens (tertiary/aromatic N) is 2. The molecule has 1 aromatic carbocycles. The minimum atomic E-state index is 0. The highest BCUT2D eigenvalue weighted by molar-refractivity contribution is 14.0. The van der Waals surface area contributed by atoms with Crippen LogP contribution in [-0.4, -0.2) is 37.0 Å². The number of hydrogen-bond donors (Lipinski definition) is 2. The first-order chi connectivity index (χ1) is 10.2. The number of benzene rings is 1. The van der Waals surface area contributed by atoms with Gasteiger partial charge in [-0.15, -0.1) is 24.0 Å². The van der Waals surface area contributed by atoms with Gasteiger partial charge >= 0.3 is 0 Å². The molecule has 1 aliphatic rings. The Balaban J connectivity index is 0.00000242. The third-order valence-electron chi connectivity index (χ3n) is 4.05. The summed E-state index contributed by atoms with van der Waals surface area (Å²) < 4.78 is 0. The molecule has 1 unspecified atom stereocenters. The molecule has 1 aliphatic heterocycles. The lowest BCUT2D eigenvalue weighted by Gasteiger charge is -2.30. The second kappa shape index (κ2) is 10.0. The van der Waals surface area contributed by atoms with Crippen LogP contribution in [0.1, 0.15) is 32.3 Å². The molecule has 22 heavy (non-hydrogen) atoms. The van der Waals surface area contributed by atoms with Crippen molar-refractivity contribution < 1.29 is 0 Å². The van der Waals surface area contributed by atoms with E-state index in [9.17, 15) is 0 Å². The zero-order valence-corrected chi connectivity index (χ0v) is 16.0. The molecule has 4 nitrogen and oxygen atoms in total. The van der Waals surface area contributed by atoms with E-state index in [2.05, 4.69) is 41.2 Å². The number of piperidine rings is 1. The maximum Gasteiger partial charge on any atom is 0.193 e. The predicted octanol–water partition coefficient (Wildman–Crippen LogP) is 3.33. The van der Waals surface area contributed by atoms with E-state index >= 15 is 0 Å². The Morgan fingerprint density at radius 1 is 1.45 bits per heavy atom. The summed E-state index contributed by atoms with van der Waals surface area (Å²) in [6.07, 6.45) is 3.69. The quantitative estimate of drug-likeness (QED) is 0.440. The van der Waals surface area contributed by atoms with E-state index in [1.807, 2.05) is 12.1 Å². The van der Waals surface area contributed by atoms with Crippen molar-refractivity contribution in [2.24, 2.45) is 16.6 Å². The highest BCUT2D eigenvalue weighted by Crippen LogP contribution is 2.14. The van der Waals surface area contributed by atoms with E-state index in [-0.39, 0.29) is 24.0 Å². The van der Waals surface area contributed by atoms with E-state index in [1.165, 1.54) is 31.5 Å². The van der Waals surface area contributed by atoms with Crippen molar-refractivity contribution in [3.8, 4) is 0 Å². The number of rotatable bonds is 5. The molecule has 124 valence electrons. The Labute approximate surface area is 151 Å². The van der Waals surface area contributed by atoms with Crippen molar-refractivity contribution in [2.75, 3.05) is 31.5 Å². The minimum absolute atomic E-state index is 0. The summed E-state index contributed by atoms with van der Waals surface area (Å²) in [7, 11) is 0. The normalized spacial score (nSPS) is 19.5. The summed E-state index contributed by atoms with van der Waals surface area (Å²) in [5.41, 5.74) is 8.28. The average Bonchev–Trinajstić information content (AvgIpc) is 2.47. The van der Waals surface area contributed by atoms with Gasteiger partial charge in [0, 0.05) is 18.8 Å². The highest BCUT2D eigenvalue weighted by Gasteiger charge is 2.15. The summed E-state index contributed by atoms with van der Waals surface area (Å²) >= 11 is 0. The van der Waals surface area contributed by atoms with Gasteiger partial charge in [0.1, 0.15) is 0 Å². The number of nitrogens with two attached hydrogens (primary N) is 1. The van der Waals surface area contributed by atoms with Crippen LogP contribution in [0.2, 0.25) is 0 Å². The van der Waals surface area contributed by atoms with E-state index in [0.717, 1.165) is 31.1 Å².